The number of hydrogen-bond donors (Lipinski definition) is 2. The van der Waals surface area contributed by atoms with Crippen LogP contribution in [0.2, 0.25) is 0 Å². The number of halogens is 1. The number of rotatable bonds is 10. The van der Waals surface area contributed by atoms with Crippen molar-refractivity contribution in [2.45, 2.75) is 0 Å². The number of benzene rings is 3. The number of amides is 2. The van der Waals surface area contributed by atoms with Crippen molar-refractivity contribution in [3.63, 3.8) is 0 Å². The fourth-order valence-electron chi connectivity index (χ4n) is 3.13. The third-order valence-corrected chi connectivity index (χ3v) is 5.41. The molecule has 0 bridgehead atoms. The molecule has 3 aromatic carbocycles. The molecule has 2 N–H and O–H groups in total. The highest BCUT2D eigenvalue weighted by atomic mass is 79.9. The fourth-order valence-corrected chi connectivity index (χ4v) is 3.51. The molecule has 3 aromatic rings. The number of carbonyl (C=O) groups is 3. The van der Waals surface area contributed by atoms with E-state index in [2.05, 4.69) is 31.8 Å². The van der Waals surface area contributed by atoms with Crippen molar-refractivity contribution in [2.24, 2.45) is 5.10 Å². The molecule has 0 saturated heterocycles. The van der Waals surface area contributed by atoms with Crippen molar-refractivity contribution in [1.82, 2.24) is 10.7 Å². The van der Waals surface area contributed by atoms with E-state index in [9.17, 15) is 14.4 Å². The molecule has 0 aliphatic carbocycles. The zero-order valence-corrected chi connectivity index (χ0v) is 21.8. The van der Waals surface area contributed by atoms with E-state index in [1.165, 1.54) is 39.7 Å². The van der Waals surface area contributed by atoms with Gasteiger partial charge in [0.2, 0.25) is 5.75 Å². The van der Waals surface area contributed by atoms with Crippen LogP contribution in [0.25, 0.3) is 0 Å². The summed E-state index contributed by atoms with van der Waals surface area (Å²) in [5.74, 6) is -0.426. The highest BCUT2D eigenvalue weighted by Gasteiger charge is 2.17. The summed E-state index contributed by atoms with van der Waals surface area (Å²) in [5.41, 5.74) is 3.37. The minimum atomic E-state index is -0.574. The highest BCUT2D eigenvalue weighted by molar-refractivity contribution is 9.10. The molecule has 0 aromatic heterocycles. The van der Waals surface area contributed by atoms with Crippen LogP contribution in [-0.4, -0.2) is 51.9 Å². The van der Waals surface area contributed by atoms with Crippen LogP contribution < -0.4 is 29.7 Å². The smallest absolute Gasteiger partial charge is 0.343 e. The van der Waals surface area contributed by atoms with Crippen LogP contribution in [0.1, 0.15) is 26.3 Å². The van der Waals surface area contributed by atoms with Gasteiger partial charge in [-0.05, 0) is 42.5 Å². The van der Waals surface area contributed by atoms with E-state index in [0.29, 0.717) is 28.4 Å². The predicted octanol–water partition coefficient (Wildman–Crippen LogP) is 3.57. The van der Waals surface area contributed by atoms with Gasteiger partial charge in [0.1, 0.15) is 5.75 Å². The normalized spacial score (nSPS) is 10.5. The van der Waals surface area contributed by atoms with Crippen LogP contribution in [-0.2, 0) is 4.79 Å². The van der Waals surface area contributed by atoms with Gasteiger partial charge >= 0.3 is 5.97 Å². The number of esters is 1. The molecule has 11 heteroatoms. The maximum atomic E-state index is 12.5. The summed E-state index contributed by atoms with van der Waals surface area (Å²) in [6.45, 7) is -0.346. The molecule has 0 unspecified atom stereocenters. The molecular formula is C26H24BrN3O7. The standard InChI is InChI=1S/C26H24BrN3O7/c1-34-21-12-17(13-22(35-2)24(21)36-3)25(32)28-15-23(31)30-29-14-18-11-19(27)9-10-20(18)37-26(33)16-7-5-4-6-8-16/h4-14H,15H2,1-3H3,(H,28,32)(H,30,31)/b29-14-. The summed E-state index contributed by atoms with van der Waals surface area (Å²) in [6, 6.07) is 16.5. The molecule has 192 valence electrons. The Morgan fingerprint density at radius 1 is 0.865 bits per heavy atom. The maximum Gasteiger partial charge on any atom is 0.343 e. The van der Waals surface area contributed by atoms with Gasteiger partial charge in [-0.2, -0.15) is 5.10 Å². The second-order valence-corrected chi connectivity index (χ2v) is 8.24. The average molecular weight is 570 g/mol. The molecule has 0 aliphatic heterocycles. The first-order chi connectivity index (χ1) is 17.9. The summed E-state index contributed by atoms with van der Waals surface area (Å²) in [4.78, 5) is 37.2. The molecule has 0 saturated carbocycles. The lowest BCUT2D eigenvalue weighted by Gasteiger charge is -2.14. The van der Waals surface area contributed by atoms with Crippen LogP contribution >= 0.6 is 15.9 Å². The molecule has 0 spiro atoms. The number of nitrogens with zero attached hydrogens (tertiary/aromatic N) is 1. The topological polar surface area (TPSA) is 125 Å². The Bertz CT molecular complexity index is 1290. The van der Waals surface area contributed by atoms with Gasteiger partial charge in [0.05, 0.1) is 39.7 Å². The molecule has 0 aliphatic rings. The number of hydrogen-bond acceptors (Lipinski definition) is 8. The van der Waals surface area contributed by atoms with E-state index in [-0.39, 0.29) is 17.9 Å². The van der Waals surface area contributed by atoms with Gasteiger partial charge in [-0.1, -0.05) is 34.1 Å². The molecular weight excluding hydrogens is 546 g/mol. The Balaban J connectivity index is 1.61. The lowest BCUT2D eigenvalue weighted by Crippen LogP contribution is -2.35. The zero-order chi connectivity index (χ0) is 26.8. The van der Waals surface area contributed by atoms with Crippen molar-refractivity contribution >= 4 is 39.9 Å². The Morgan fingerprint density at radius 3 is 2.16 bits per heavy atom. The molecule has 10 nitrogen and oxygen atoms in total. The average Bonchev–Trinajstić information content (AvgIpc) is 2.92. The highest BCUT2D eigenvalue weighted by Crippen LogP contribution is 2.38. The Hall–Kier alpha value is -4.38. The van der Waals surface area contributed by atoms with Gasteiger partial charge in [0.15, 0.2) is 11.5 Å². The molecule has 37 heavy (non-hydrogen) atoms. The molecule has 0 heterocycles. The van der Waals surface area contributed by atoms with E-state index < -0.39 is 17.8 Å². The van der Waals surface area contributed by atoms with Crippen LogP contribution in [0.3, 0.4) is 0 Å². The third kappa shape index (κ3) is 7.31. The number of hydrazone groups is 1. The van der Waals surface area contributed by atoms with Crippen LogP contribution in [0, 0.1) is 0 Å². The van der Waals surface area contributed by atoms with Gasteiger partial charge < -0.3 is 24.3 Å². The maximum absolute atomic E-state index is 12.5. The lowest BCUT2D eigenvalue weighted by atomic mass is 10.1. The molecule has 3 rings (SSSR count). The summed E-state index contributed by atoms with van der Waals surface area (Å²) < 4.78 is 21.9. The van der Waals surface area contributed by atoms with E-state index in [1.807, 2.05) is 0 Å². The first kappa shape index (κ1) is 27.2. The van der Waals surface area contributed by atoms with Gasteiger partial charge in [0, 0.05) is 15.6 Å². The van der Waals surface area contributed by atoms with Crippen molar-refractivity contribution in [3.8, 4) is 23.0 Å². The van der Waals surface area contributed by atoms with Crippen LogP contribution in [0.15, 0.2) is 70.2 Å². The van der Waals surface area contributed by atoms with Crippen molar-refractivity contribution in [3.05, 3.63) is 81.8 Å². The third-order valence-electron chi connectivity index (χ3n) is 4.91. The Labute approximate surface area is 221 Å². The molecule has 0 fully saturated rings. The van der Waals surface area contributed by atoms with E-state index in [0.717, 1.165) is 4.47 Å². The largest absolute Gasteiger partial charge is 0.493 e. The van der Waals surface area contributed by atoms with E-state index in [1.54, 1.807) is 48.5 Å². The molecule has 0 atom stereocenters. The summed E-state index contributed by atoms with van der Waals surface area (Å²) >= 11 is 3.36. The van der Waals surface area contributed by atoms with Crippen molar-refractivity contribution in [2.75, 3.05) is 27.9 Å². The summed E-state index contributed by atoms with van der Waals surface area (Å²) in [6.07, 6.45) is 1.33. The lowest BCUT2D eigenvalue weighted by molar-refractivity contribution is -0.120. The van der Waals surface area contributed by atoms with E-state index >= 15 is 0 Å². The first-order valence-corrected chi connectivity index (χ1v) is 11.6. The molecule has 2 amide bonds. The van der Waals surface area contributed by atoms with Crippen LogP contribution in [0.5, 0.6) is 23.0 Å². The van der Waals surface area contributed by atoms with Gasteiger partial charge in [0.25, 0.3) is 11.8 Å². The fraction of sp³-hybridized carbons (Fsp3) is 0.154. The number of carbonyl (C=O) groups excluding carboxylic acids is 3. The minimum absolute atomic E-state index is 0.213. The Kier molecular flexibility index (Phi) is 9.61. The second-order valence-electron chi connectivity index (χ2n) is 7.33. The zero-order valence-electron chi connectivity index (χ0n) is 20.2. The minimum Gasteiger partial charge on any atom is -0.493 e. The second kappa shape index (κ2) is 13.1. The van der Waals surface area contributed by atoms with Crippen LogP contribution in [0.4, 0.5) is 0 Å². The van der Waals surface area contributed by atoms with Gasteiger partial charge in [-0.25, -0.2) is 10.2 Å². The van der Waals surface area contributed by atoms with Gasteiger partial charge in [-0.15, -0.1) is 0 Å². The van der Waals surface area contributed by atoms with E-state index in [4.69, 9.17) is 18.9 Å². The SMILES string of the molecule is COc1cc(C(=O)NCC(=O)N/N=C\c2cc(Br)ccc2OC(=O)c2ccccc2)cc(OC)c1OC. The quantitative estimate of drug-likeness (QED) is 0.165. The monoisotopic (exact) mass is 569 g/mol. The number of ether oxygens (including phenoxy) is 4. The molecule has 0 radical (unpaired) electrons. The number of nitrogens with one attached hydrogen (secondary N) is 2. The first-order valence-electron chi connectivity index (χ1n) is 10.8. The Morgan fingerprint density at radius 2 is 1.54 bits per heavy atom. The summed E-state index contributed by atoms with van der Waals surface area (Å²) in [7, 11) is 4.32. The summed E-state index contributed by atoms with van der Waals surface area (Å²) in [5, 5.41) is 6.41. The van der Waals surface area contributed by atoms with Gasteiger partial charge in [-0.3, -0.25) is 9.59 Å². The van der Waals surface area contributed by atoms with Crippen molar-refractivity contribution < 1.29 is 33.3 Å². The number of methoxy groups -OCH3 is 3. The predicted molar refractivity (Wildman–Crippen MR) is 140 cm³/mol. The van der Waals surface area contributed by atoms with Crippen molar-refractivity contribution in [1.29, 1.82) is 0 Å².